The van der Waals surface area contributed by atoms with E-state index in [4.69, 9.17) is 0 Å². The normalized spacial score (nSPS) is 12.8. The molecule has 3 aromatic carbocycles. The zero-order valence-electron chi connectivity index (χ0n) is 17.4. The summed E-state index contributed by atoms with van der Waals surface area (Å²) in [6, 6.07) is 15.7. The Kier molecular flexibility index (Phi) is 5.59. The molecule has 1 aromatic heterocycles. The third-order valence-electron chi connectivity index (χ3n) is 5.64. The van der Waals surface area contributed by atoms with Crippen LogP contribution in [0.5, 0.6) is 0 Å². The van der Waals surface area contributed by atoms with Crippen molar-refractivity contribution < 1.29 is 17.6 Å². The van der Waals surface area contributed by atoms with Gasteiger partial charge in [0, 0.05) is 0 Å². The summed E-state index contributed by atoms with van der Waals surface area (Å²) in [6.45, 7) is 4.13. The molecule has 3 nitrogen and oxygen atoms in total. The van der Waals surface area contributed by atoms with Gasteiger partial charge < -0.3 is 0 Å². The molecule has 0 amide bonds. The van der Waals surface area contributed by atoms with Crippen molar-refractivity contribution in [2.24, 2.45) is 0 Å². The number of hydrogen-bond acceptors (Lipinski definition) is 2. The van der Waals surface area contributed by atoms with Gasteiger partial charge in [-0.3, -0.25) is 9.36 Å². The number of alkyl halides is 3. The lowest BCUT2D eigenvalue weighted by Crippen LogP contribution is -2.22. The highest BCUT2D eigenvalue weighted by Gasteiger charge is 2.32. The highest BCUT2D eigenvalue weighted by Crippen LogP contribution is 2.34. The van der Waals surface area contributed by atoms with Crippen molar-refractivity contribution in [3.8, 4) is 17.1 Å². The van der Waals surface area contributed by atoms with Gasteiger partial charge in [-0.1, -0.05) is 38.1 Å². The van der Waals surface area contributed by atoms with Crippen LogP contribution in [0.2, 0.25) is 0 Å². The number of benzene rings is 3. The van der Waals surface area contributed by atoms with Gasteiger partial charge in [0.2, 0.25) is 0 Å². The number of hydrogen-bond donors (Lipinski definition) is 0. The third-order valence-corrected chi connectivity index (χ3v) is 5.64. The quantitative estimate of drug-likeness (QED) is 0.330. The second kappa shape index (κ2) is 8.22. The van der Waals surface area contributed by atoms with Crippen LogP contribution in [-0.4, -0.2) is 9.55 Å². The number of halogens is 4. The molecular formula is C25H20F4N2O. The molecule has 0 saturated carbocycles. The Balaban J connectivity index is 2.03. The van der Waals surface area contributed by atoms with Crippen molar-refractivity contribution in [2.75, 3.05) is 0 Å². The summed E-state index contributed by atoms with van der Waals surface area (Å²) in [5, 5.41) is 0.287. The van der Waals surface area contributed by atoms with Crippen LogP contribution in [-0.2, 0) is 6.18 Å². The zero-order chi connectivity index (χ0) is 23.0. The maximum atomic E-state index is 14.8. The predicted molar refractivity (Wildman–Crippen MR) is 116 cm³/mol. The van der Waals surface area contributed by atoms with Crippen molar-refractivity contribution >= 4 is 10.9 Å². The number of aromatic nitrogens is 2. The van der Waals surface area contributed by atoms with Gasteiger partial charge in [0.25, 0.3) is 5.56 Å². The van der Waals surface area contributed by atoms with Crippen molar-refractivity contribution in [1.82, 2.24) is 9.55 Å². The first-order valence-electron chi connectivity index (χ1n) is 10.2. The van der Waals surface area contributed by atoms with E-state index in [9.17, 15) is 22.4 Å². The Morgan fingerprint density at radius 1 is 1.00 bits per heavy atom. The van der Waals surface area contributed by atoms with Crippen molar-refractivity contribution in [3.63, 3.8) is 0 Å². The number of para-hydroxylation sites is 1. The average Bonchev–Trinajstić information content (AvgIpc) is 2.78. The van der Waals surface area contributed by atoms with Crippen LogP contribution in [0, 0.1) is 5.82 Å². The molecule has 4 rings (SSSR count). The van der Waals surface area contributed by atoms with Gasteiger partial charge >= 0.3 is 6.18 Å². The number of rotatable bonds is 4. The Bertz CT molecular complexity index is 1340. The Morgan fingerprint density at radius 3 is 2.34 bits per heavy atom. The summed E-state index contributed by atoms with van der Waals surface area (Å²) < 4.78 is 55.9. The van der Waals surface area contributed by atoms with Crippen molar-refractivity contribution in [3.05, 3.63) is 94.0 Å². The molecule has 32 heavy (non-hydrogen) atoms. The first kappa shape index (κ1) is 21.7. The predicted octanol–water partition coefficient (Wildman–Crippen LogP) is 6.72. The molecule has 0 aliphatic rings. The molecule has 0 N–H and O–H groups in total. The first-order valence-corrected chi connectivity index (χ1v) is 10.2. The van der Waals surface area contributed by atoms with Crippen LogP contribution in [0.1, 0.15) is 37.3 Å². The minimum absolute atomic E-state index is 0.186. The maximum Gasteiger partial charge on any atom is 0.416 e. The van der Waals surface area contributed by atoms with Crippen LogP contribution >= 0.6 is 0 Å². The molecule has 0 spiro atoms. The SMILES string of the molecule is CC[C@@H](C)c1ccc(-n2c(-c3cc(C(F)(F)F)ccc3F)nc3ccccc3c2=O)cc1. The zero-order valence-corrected chi connectivity index (χ0v) is 17.4. The molecule has 0 aliphatic heterocycles. The highest BCUT2D eigenvalue weighted by atomic mass is 19.4. The van der Waals surface area contributed by atoms with Gasteiger partial charge in [-0.05, 0) is 60.4 Å². The number of nitrogens with zero attached hydrogens (tertiary/aromatic N) is 2. The summed E-state index contributed by atoms with van der Waals surface area (Å²) in [5.74, 6) is -0.783. The fourth-order valence-corrected chi connectivity index (χ4v) is 3.61. The monoisotopic (exact) mass is 440 g/mol. The largest absolute Gasteiger partial charge is 0.416 e. The molecule has 0 bridgehead atoms. The van der Waals surface area contributed by atoms with Crippen LogP contribution in [0.15, 0.2) is 71.5 Å². The first-order chi connectivity index (χ1) is 15.2. The Labute approximate surface area is 182 Å². The molecule has 1 atom stereocenters. The molecule has 0 saturated heterocycles. The summed E-state index contributed by atoms with van der Waals surface area (Å²) in [6.07, 6.45) is -3.74. The standard InChI is InChI=1S/C25H20F4N2O/c1-3-15(2)16-8-11-18(12-9-16)31-23(30-22-7-5-4-6-19(22)24(31)32)20-14-17(25(27,28)29)10-13-21(20)26/h4-15H,3H2,1-2H3/t15-/m1/s1. The highest BCUT2D eigenvalue weighted by molar-refractivity contribution is 5.80. The molecule has 0 unspecified atom stereocenters. The molecule has 7 heteroatoms. The van der Waals surface area contributed by atoms with Crippen LogP contribution in [0.25, 0.3) is 28.0 Å². The van der Waals surface area contributed by atoms with E-state index in [1.807, 2.05) is 12.1 Å². The van der Waals surface area contributed by atoms with E-state index >= 15 is 0 Å². The minimum atomic E-state index is -4.66. The summed E-state index contributed by atoms with van der Waals surface area (Å²) in [4.78, 5) is 17.8. The van der Waals surface area contributed by atoms with E-state index in [-0.39, 0.29) is 16.7 Å². The average molecular weight is 440 g/mol. The van der Waals surface area contributed by atoms with Crippen LogP contribution in [0.3, 0.4) is 0 Å². The van der Waals surface area contributed by atoms with Crippen molar-refractivity contribution in [1.29, 1.82) is 0 Å². The number of fused-ring (bicyclic) bond motifs is 1. The van der Waals surface area contributed by atoms with Gasteiger partial charge in [0.05, 0.1) is 27.7 Å². The molecular weight excluding hydrogens is 420 g/mol. The summed E-state index contributed by atoms with van der Waals surface area (Å²) >= 11 is 0. The van der Waals surface area contributed by atoms with Gasteiger partial charge in [0.15, 0.2) is 5.82 Å². The van der Waals surface area contributed by atoms with Crippen LogP contribution in [0.4, 0.5) is 17.6 Å². The van der Waals surface area contributed by atoms with E-state index < -0.39 is 28.7 Å². The van der Waals surface area contributed by atoms with E-state index in [0.29, 0.717) is 23.7 Å². The summed E-state index contributed by atoms with van der Waals surface area (Å²) in [5.41, 5.74) is -0.170. The topological polar surface area (TPSA) is 34.9 Å². The van der Waals surface area contributed by atoms with Gasteiger partial charge in [-0.25, -0.2) is 9.37 Å². The van der Waals surface area contributed by atoms with E-state index in [2.05, 4.69) is 18.8 Å². The van der Waals surface area contributed by atoms with Gasteiger partial charge in [-0.15, -0.1) is 0 Å². The third kappa shape index (κ3) is 3.90. The van der Waals surface area contributed by atoms with E-state index in [0.717, 1.165) is 18.1 Å². The van der Waals surface area contributed by atoms with Crippen LogP contribution < -0.4 is 5.56 Å². The second-order valence-corrected chi connectivity index (χ2v) is 7.69. The fourth-order valence-electron chi connectivity index (χ4n) is 3.61. The van der Waals surface area contributed by atoms with E-state index in [1.54, 1.807) is 36.4 Å². The van der Waals surface area contributed by atoms with E-state index in [1.165, 1.54) is 4.57 Å². The fraction of sp³-hybridized carbons (Fsp3) is 0.200. The molecule has 0 aliphatic carbocycles. The summed E-state index contributed by atoms with van der Waals surface area (Å²) in [7, 11) is 0. The van der Waals surface area contributed by atoms with Gasteiger partial charge in [0.1, 0.15) is 5.82 Å². The Morgan fingerprint density at radius 2 is 1.69 bits per heavy atom. The molecule has 0 fully saturated rings. The second-order valence-electron chi connectivity index (χ2n) is 7.69. The lowest BCUT2D eigenvalue weighted by Gasteiger charge is -2.17. The lowest BCUT2D eigenvalue weighted by atomic mass is 9.98. The molecule has 0 radical (unpaired) electrons. The molecule has 4 aromatic rings. The van der Waals surface area contributed by atoms with Gasteiger partial charge in [-0.2, -0.15) is 13.2 Å². The molecule has 164 valence electrons. The molecule has 1 heterocycles. The smallest absolute Gasteiger partial charge is 0.268 e. The maximum absolute atomic E-state index is 14.8. The minimum Gasteiger partial charge on any atom is -0.268 e. The van der Waals surface area contributed by atoms with Crippen molar-refractivity contribution in [2.45, 2.75) is 32.4 Å². The lowest BCUT2D eigenvalue weighted by molar-refractivity contribution is -0.137. The Hall–Kier alpha value is -3.48.